The molecule has 0 aliphatic carbocycles. The normalized spacial score (nSPS) is 14.5. The molecule has 2 N–H and O–H groups in total. The topological polar surface area (TPSA) is 58.1 Å². The van der Waals surface area contributed by atoms with Crippen molar-refractivity contribution in [1.82, 2.24) is 9.97 Å². The van der Waals surface area contributed by atoms with Gasteiger partial charge in [0.15, 0.2) is 5.16 Å². The molecule has 19 heavy (non-hydrogen) atoms. The third-order valence-corrected chi connectivity index (χ3v) is 4.26. The van der Waals surface area contributed by atoms with Crippen LogP contribution in [0.5, 0.6) is 5.75 Å². The number of H-pyrrole nitrogens is 1. The molecule has 0 amide bonds. The predicted octanol–water partition coefficient (Wildman–Crippen LogP) is 3.21. The number of nitrogens with zero attached hydrogens (tertiary/aromatic N) is 1. The van der Waals surface area contributed by atoms with Crippen LogP contribution in [-0.4, -0.2) is 33.0 Å². The lowest BCUT2D eigenvalue weighted by molar-refractivity contribution is 0.0815. The second kappa shape index (κ2) is 5.84. The maximum atomic E-state index is 9.99. The summed E-state index contributed by atoms with van der Waals surface area (Å²) in [5.74, 6) is 1.47. The highest BCUT2D eigenvalue weighted by atomic mass is 32.2. The molecule has 0 bridgehead atoms. The smallest absolute Gasteiger partial charge is 0.166 e. The molecule has 5 heteroatoms. The zero-order valence-electron chi connectivity index (χ0n) is 11.6. The largest absolute Gasteiger partial charge is 0.494 e. The fraction of sp³-hybridized carbons (Fsp3) is 0.500. The van der Waals surface area contributed by atoms with Gasteiger partial charge in [-0.15, -0.1) is 0 Å². The summed E-state index contributed by atoms with van der Waals surface area (Å²) in [6.07, 6.45) is 0.731. The number of hydrogen-bond acceptors (Lipinski definition) is 4. The summed E-state index contributed by atoms with van der Waals surface area (Å²) in [5.41, 5.74) is 1.23. The lowest BCUT2D eigenvalue weighted by Crippen LogP contribution is -2.25. The van der Waals surface area contributed by atoms with E-state index in [2.05, 4.69) is 9.97 Å². The van der Waals surface area contributed by atoms with Gasteiger partial charge in [0.05, 0.1) is 23.2 Å². The van der Waals surface area contributed by atoms with Gasteiger partial charge in [-0.05, 0) is 32.4 Å². The van der Waals surface area contributed by atoms with E-state index in [-0.39, 0.29) is 0 Å². The third kappa shape index (κ3) is 3.64. The van der Waals surface area contributed by atoms with Crippen molar-refractivity contribution < 1.29 is 9.84 Å². The predicted molar refractivity (Wildman–Crippen MR) is 78.9 cm³/mol. The Morgan fingerprint density at radius 3 is 2.89 bits per heavy atom. The van der Waals surface area contributed by atoms with Gasteiger partial charge in [0.1, 0.15) is 5.75 Å². The molecule has 1 atom stereocenters. The van der Waals surface area contributed by atoms with Crippen LogP contribution in [0.15, 0.2) is 23.4 Å². The summed E-state index contributed by atoms with van der Waals surface area (Å²) in [6, 6.07) is 5.82. The highest BCUT2D eigenvalue weighted by molar-refractivity contribution is 7.99. The van der Waals surface area contributed by atoms with Crippen molar-refractivity contribution in [3.63, 3.8) is 0 Å². The molecule has 0 aliphatic heterocycles. The molecule has 1 heterocycles. The summed E-state index contributed by atoms with van der Waals surface area (Å²) in [5, 5.41) is 10.8. The van der Waals surface area contributed by atoms with Gasteiger partial charge in [-0.25, -0.2) is 4.98 Å². The summed E-state index contributed by atoms with van der Waals surface area (Å²) in [6.45, 7) is 6.44. The van der Waals surface area contributed by atoms with Crippen LogP contribution in [0.3, 0.4) is 0 Å². The lowest BCUT2D eigenvalue weighted by atomic mass is 10.1. The van der Waals surface area contributed by atoms with Crippen LogP contribution in [0.4, 0.5) is 0 Å². The van der Waals surface area contributed by atoms with E-state index < -0.39 is 5.60 Å². The molecule has 0 radical (unpaired) electrons. The first-order valence-corrected chi connectivity index (χ1v) is 7.50. The number of hydrogen-bond donors (Lipinski definition) is 2. The highest BCUT2D eigenvalue weighted by Crippen LogP contribution is 2.26. The van der Waals surface area contributed by atoms with E-state index in [0.29, 0.717) is 12.4 Å². The van der Waals surface area contributed by atoms with Crippen LogP contribution >= 0.6 is 11.8 Å². The van der Waals surface area contributed by atoms with Gasteiger partial charge in [-0.2, -0.15) is 0 Å². The number of thioether (sulfide) groups is 1. The van der Waals surface area contributed by atoms with Crippen molar-refractivity contribution in [3.05, 3.63) is 18.2 Å². The van der Waals surface area contributed by atoms with Gasteiger partial charge < -0.3 is 14.8 Å². The van der Waals surface area contributed by atoms with Crippen molar-refractivity contribution in [1.29, 1.82) is 0 Å². The fourth-order valence-electron chi connectivity index (χ4n) is 1.62. The molecule has 1 aromatic heterocycles. The number of imidazole rings is 1. The van der Waals surface area contributed by atoms with E-state index in [1.165, 1.54) is 11.8 Å². The summed E-state index contributed by atoms with van der Waals surface area (Å²) >= 11 is 1.54. The molecule has 4 nitrogen and oxygen atoms in total. The van der Waals surface area contributed by atoms with E-state index in [9.17, 15) is 5.11 Å². The maximum absolute atomic E-state index is 9.99. The first kappa shape index (κ1) is 14.2. The Kier molecular flexibility index (Phi) is 4.37. The van der Waals surface area contributed by atoms with Crippen LogP contribution < -0.4 is 4.74 Å². The number of ether oxygens (including phenoxy) is 1. The average Bonchev–Trinajstić information content (AvgIpc) is 2.79. The number of benzene rings is 1. The average molecular weight is 280 g/mol. The standard InChI is InChI=1S/C14H20N2O2S/c1-4-14(3,17)9-19-13-15-11-7-6-10(18-5-2)8-12(11)16-13/h6-8,17H,4-5,9H2,1-3H3,(H,15,16). The molecular weight excluding hydrogens is 260 g/mol. The number of rotatable bonds is 6. The van der Waals surface area contributed by atoms with E-state index in [4.69, 9.17) is 4.74 Å². The SMILES string of the molecule is CCOc1ccc2nc(SCC(C)(O)CC)[nH]c2c1. The molecule has 2 rings (SSSR count). The highest BCUT2D eigenvalue weighted by Gasteiger charge is 2.18. The van der Waals surface area contributed by atoms with Crippen LogP contribution in [0, 0.1) is 0 Å². The van der Waals surface area contributed by atoms with Crippen molar-refractivity contribution in [3.8, 4) is 5.75 Å². The third-order valence-electron chi connectivity index (χ3n) is 3.02. The first-order valence-electron chi connectivity index (χ1n) is 6.52. The zero-order valence-corrected chi connectivity index (χ0v) is 12.4. The van der Waals surface area contributed by atoms with Crippen molar-refractivity contribution in [2.75, 3.05) is 12.4 Å². The molecule has 104 valence electrons. The van der Waals surface area contributed by atoms with Crippen LogP contribution in [0.25, 0.3) is 11.0 Å². The molecule has 1 unspecified atom stereocenters. The second-order valence-corrected chi connectivity index (χ2v) is 5.76. The Balaban J connectivity index is 2.13. The Morgan fingerprint density at radius 1 is 1.42 bits per heavy atom. The molecule has 1 aromatic carbocycles. The Morgan fingerprint density at radius 2 is 2.21 bits per heavy atom. The van der Waals surface area contributed by atoms with E-state index in [0.717, 1.165) is 28.4 Å². The molecule has 0 saturated heterocycles. The van der Waals surface area contributed by atoms with Gasteiger partial charge in [-0.1, -0.05) is 18.7 Å². The number of aromatic nitrogens is 2. The first-order chi connectivity index (χ1) is 9.04. The van der Waals surface area contributed by atoms with Crippen LogP contribution in [0.2, 0.25) is 0 Å². The molecule has 0 saturated carbocycles. The molecule has 2 aromatic rings. The quantitative estimate of drug-likeness (QED) is 0.798. The summed E-state index contributed by atoms with van der Waals surface area (Å²) in [7, 11) is 0. The minimum absolute atomic E-state index is 0.627. The van der Waals surface area contributed by atoms with E-state index in [1.54, 1.807) is 0 Å². The lowest BCUT2D eigenvalue weighted by Gasteiger charge is -2.19. The van der Waals surface area contributed by atoms with Crippen LogP contribution in [0.1, 0.15) is 27.2 Å². The van der Waals surface area contributed by atoms with Gasteiger partial charge in [0.2, 0.25) is 0 Å². The number of aliphatic hydroxyl groups is 1. The number of fused-ring (bicyclic) bond motifs is 1. The number of nitrogens with one attached hydrogen (secondary N) is 1. The van der Waals surface area contributed by atoms with Crippen molar-refractivity contribution >= 4 is 22.8 Å². The van der Waals surface area contributed by atoms with Crippen LogP contribution in [-0.2, 0) is 0 Å². The number of aromatic amines is 1. The fourth-order valence-corrected chi connectivity index (χ4v) is 2.61. The molecule has 0 spiro atoms. The zero-order chi connectivity index (χ0) is 13.9. The Bertz CT molecular complexity index is 551. The minimum Gasteiger partial charge on any atom is -0.494 e. The molecule has 0 aliphatic rings. The Labute approximate surface area is 117 Å². The monoisotopic (exact) mass is 280 g/mol. The van der Waals surface area contributed by atoms with Gasteiger partial charge in [0, 0.05) is 11.8 Å². The van der Waals surface area contributed by atoms with E-state index in [1.807, 2.05) is 39.0 Å². The molecular formula is C14H20N2O2S. The maximum Gasteiger partial charge on any atom is 0.166 e. The minimum atomic E-state index is -0.653. The Hall–Kier alpha value is -1.20. The van der Waals surface area contributed by atoms with E-state index >= 15 is 0 Å². The van der Waals surface area contributed by atoms with Crippen molar-refractivity contribution in [2.24, 2.45) is 0 Å². The second-order valence-electron chi connectivity index (χ2n) is 4.79. The van der Waals surface area contributed by atoms with Gasteiger partial charge in [-0.3, -0.25) is 0 Å². The van der Waals surface area contributed by atoms with Crippen molar-refractivity contribution in [2.45, 2.75) is 37.9 Å². The van der Waals surface area contributed by atoms with Gasteiger partial charge >= 0.3 is 0 Å². The molecule has 0 fully saturated rings. The van der Waals surface area contributed by atoms with Gasteiger partial charge in [0.25, 0.3) is 0 Å². The summed E-state index contributed by atoms with van der Waals surface area (Å²) in [4.78, 5) is 7.74. The summed E-state index contributed by atoms with van der Waals surface area (Å²) < 4.78 is 5.46.